The summed E-state index contributed by atoms with van der Waals surface area (Å²) < 4.78 is 1.59. The van der Waals surface area contributed by atoms with Crippen molar-refractivity contribution < 1.29 is 0 Å². The summed E-state index contributed by atoms with van der Waals surface area (Å²) >= 11 is 0. The second-order valence-electron chi connectivity index (χ2n) is 6.69. The Labute approximate surface area is 146 Å². The Morgan fingerprint density at radius 2 is 2.28 bits per heavy atom. The minimum atomic E-state index is -0.0276. The first kappa shape index (κ1) is 15.9. The molecular formula is C19H23N5O. The lowest BCUT2D eigenvalue weighted by molar-refractivity contribution is 0.419. The fraction of sp³-hybridized carbons (Fsp3) is 0.368. The van der Waals surface area contributed by atoms with Gasteiger partial charge >= 0.3 is 0 Å². The zero-order chi connectivity index (χ0) is 17.2. The third kappa shape index (κ3) is 3.17. The number of rotatable bonds is 4. The number of fused-ring (bicyclic) bond motifs is 1. The van der Waals surface area contributed by atoms with Crippen molar-refractivity contribution in [3.63, 3.8) is 0 Å². The molecule has 0 unspecified atom stereocenters. The van der Waals surface area contributed by atoms with E-state index in [9.17, 15) is 4.79 Å². The van der Waals surface area contributed by atoms with E-state index in [4.69, 9.17) is 0 Å². The number of hydrogen-bond donors (Lipinski definition) is 2. The second-order valence-corrected chi connectivity index (χ2v) is 6.69. The molecule has 6 nitrogen and oxygen atoms in total. The average Bonchev–Trinajstić information content (AvgIpc) is 3.12. The largest absolute Gasteiger partial charge is 0.361 e. The van der Waals surface area contributed by atoms with E-state index in [1.54, 1.807) is 24.0 Å². The monoisotopic (exact) mass is 337 g/mol. The van der Waals surface area contributed by atoms with Gasteiger partial charge in [0.25, 0.3) is 5.56 Å². The van der Waals surface area contributed by atoms with Gasteiger partial charge in [0.15, 0.2) is 5.82 Å². The summed E-state index contributed by atoms with van der Waals surface area (Å²) in [4.78, 5) is 22.0. The maximum absolute atomic E-state index is 12.3. The lowest BCUT2D eigenvalue weighted by Gasteiger charge is -2.33. The molecule has 6 heteroatoms. The van der Waals surface area contributed by atoms with Crippen LogP contribution < -0.4 is 15.8 Å². The Hall–Kier alpha value is -2.60. The van der Waals surface area contributed by atoms with Crippen LogP contribution in [0.1, 0.15) is 18.4 Å². The van der Waals surface area contributed by atoms with Crippen molar-refractivity contribution in [2.75, 3.05) is 18.0 Å². The Morgan fingerprint density at radius 1 is 1.36 bits per heavy atom. The molecule has 0 bridgehead atoms. The van der Waals surface area contributed by atoms with E-state index in [1.807, 2.05) is 6.20 Å². The van der Waals surface area contributed by atoms with E-state index in [0.29, 0.717) is 11.9 Å². The Bertz CT molecular complexity index is 929. The van der Waals surface area contributed by atoms with Crippen molar-refractivity contribution >= 4 is 16.7 Å². The van der Waals surface area contributed by atoms with E-state index in [0.717, 1.165) is 32.5 Å². The molecule has 1 atom stereocenters. The molecule has 0 amide bonds. The summed E-state index contributed by atoms with van der Waals surface area (Å²) in [5.74, 6) is 0.559. The molecule has 4 rings (SSSR count). The zero-order valence-electron chi connectivity index (χ0n) is 14.4. The SMILES string of the molecule is Cn1ccnc(N2CCC[C@@H](NCc3cccc4[nH]ccc34)C2)c1=O. The summed E-state index contributed by atoms with van der Waals surface area (Å²) in [6, 6.07) is 8.82. The van der Waals surface area contributed by atoms with Crippen molar-refractivity contribution in [2.45, 2.75) is 25.4 Å². The van der Waals surface area contributed by atoms with Gasteiger partial charge in [0.2, 0.25) is 0 Å². The fourth-order valence-electron chi connectivity index (χ4n) is 3.60. The maximum atomic E-state index is 12.3. The van der Waals surface area contributed by atoms with Crippen LogP contribution in [-0.2, 0) is 13.6 Å². The van der Waals surface area contributed by atoms with Gasteiger partial charge in [0.1, 0.15) is 0 Å². The minimum absolute atomic E-state index is 0.0276. The first-order valence-corrected chi connectivity index (χ1v) is 8.77. The molecule has 3 heterocycles. The van der Waals surface area contributed by atoms with Crippen molar-refractivity contribution in [1.82, 2.24) is 19.9 Å². The fourth-order valence-corrected chi connectivity index (χ4v) is 3.60. The molecule has 130 valence electrons. The van der Waals surface area contributed by atoms with Crippen LogP contribution in [0.2, 0.25) is 0 Å². The van der Waals surface area contributed by atoms with E-state index in [1.165, 1.54) is 16.5 Å². The van der Waals surface area contributed by atoms with Gasteiger partial charge < -0.3 is 19.8 Å². The first-order chi connectivity index (χ1) is 12.2. The number of anilines is 1. The van der Waals surface area contributed by atoms with Crippen molar-refractivity contribution in [3.8, 4) is 0 Å². The first-order valence-electron chi connectivity index (χ1n) is 8.77. The average molecular weight is 337 g/mol. The number of benzene rings is 1. The predicted molar refractivity (Wildman–Crippen MR) is 99.9 cm³/mol. The number of piperidine rings is 1. The smallest absolute Gasteiger partial charge is 0.293 e. The molecule has 0 spiro atoms. The third-order valence-electron chi connectivity index (χ3n) is 4.99. The third-order valence-corrected chi connectivity index (χ3v) is 4.99. The van der Waals surface area contributed by atoms with E-state index in [2.05, 4.69) is 44.5 Å². The van der Waals surface area contributed by atoms with Gasteiger partial charge in [-0.25, -0.2) is 4.98 Å². The highest BCUT2D eigenvalue weighted by molar-refractivity contribution is 5.82. The number of nitrogens with zero attached hydrogens (tertiary/aromatic N) is 3. The minimum Gasteiger partial charge on any atom is -0.361 e. The molecule has 0 aliphatic carbocycles. The Balaban J connectivity index is 1.46. The molecule has 25 heavy (non-hydrogen) atoms. The molecule has 1 aliphatic heterocycles. The van der Waals surface area contributed by atoms with Crippen LogP contribution in [0.3, 0.4) is 0 Å². The quantitative estimate of drug-likeness (QED) is 0.764. The van der Waals surface area contributed by atoms with Crippen LogP contribution in [0, 0.1) is 0 Å². The van der Waals surface area contributed by atoms with Crippen LogP contribution in [0.15, 0.2) is 47.7 Å². The Morgan fingerprint density at radius 3 is 3.20 bits per heavy atom. The summed E-state index contributed by atoms with van der Waals surface area (Å²) in [6.45, 7) is 2.53. The van der Waals surface area contributed by atoms with Gasteiger partial charge in [-0.2, -0.15) is 0 Å². The van der Waals surface area contributed by atoms with Crippen molar-refractivity contribution in [1.29, 1.82) is 0 Å². The summed E-state index contributed by atoms with van der Waals surface area (Å²) in [5, 5.41) is 4.93. The van der Waals surface area contributed by atoms with E-state index < -0.39 is 0 Å². The van der Waals surface area contributed by atoms with Crippen LogP contribution >= 0.6 is 0 Å². The van der Waals surface area contributed by atoms with Crippen LogP contribution in [0.5, 0.6) is 0 Å². The molecule has 2 aromatic heterocycles. The topological polar surface area (TPSA) is 66.0 Å². The molecule has 0 saturated carbocycles. The van der Waals surface area contributed by atoms with Gasteiger partial charge in [-0.05, 0) is 30.5 Å². The molecular weight excluding hydrogens is 314 g/mol. The lowest BCUT2D eigenvalue weighted by Crippen LogP contribution is -2.47. The second kappa shape index (κ2) is 6.72. The molecule has 1 saturated heterocycles. The molecule has 1 aliphatic rings. The molecule has 0 radical (unpaired) electrons. The summed E-state index contributed by atoms with van der Waals surface area (Å²) in [6.07, 6.45) is 7.55. The molecule has 1 fully saturated rings. The summed E-state index contributed by atoms with van der Waals surface area (Å²) in [5.41, 5.74) is 2.44. The molecule has 3 aromatic rings. The van der Waals surface area contributed by atoms with Gasteiger partial charge in [0, 0.05) is 62.2 Å². The van der Waals surface area contributed by atoms with Crippen molar-refractivity contribution in [2.24, 2.45) is 7.05 Å². The zero-order valence-corrected chi connectivity index (χ0v) is 14.4. The number of H-pyrrole nitrogens is 1. The standard InChI is InChI=1S/C19H23N5O/c1-23-11-9-21-18(19(23)25)24-10-3-5-15(13-24)22-12-14-4-2-6-17-16(14)7-8-20-17/h2,4,6-9,11,15,20,22H,3,5,10,12-13H2,1H3/t15-/m1/s1. The van der Waals surface area contributed by atoms with Gasteiger partial charge in [-0.15, -0.1) is 0 Å². The van der Waals surface area contributed by atoms with Gasteiger partial charge in [-0.3, -0.25) is 4.79 Å². The molecule has 1 aromatic carbocycles. The normalized spacial score (nSPS) is 18.0. The number of aromatic amines is 1. The van der Waals surface area contributed by atoms with Crippen LogP contribution in [0.4, 0.5) is 5.82 Å². The van der Waals surface area contributed by atoms with E-state index >= 15 is 0 Å². The van der Waals surface area contributed by atoms with Crippen molar-refractivity contribution in [3.05, 3.63) is 58.8 Å². The van der Waals surface area contributed by atoms with Gasteiger partial charge in [-0.1, -0.05) is 12.1 Å². The van der Waals surface area contributed by atoms with Crippen LogP contribution in [-0.4, -0.2) is 33.7 Å². The van der Waals surface area contributed by atoms with E-state index in [-0.39, 0.29) is 5.56 Å². The predicted octanol–water partition coefficient (Wildman–Crippen LogP) is 2.02. The highest BCUT2D eigenvalue weighted by Crippen LogP contribution is 2.19. The Kier molecular flexibility index (Phi) is 4.28. The lowest BCUT2D eigenvalue weighted by atomic mass is 10.0. The highest BCUT2D eigenvalue weighted by Gasteiger charge is 2.22. The highest BCUT2D eigenvalue weighted by atomic mass is 16.1. The number of aryl methyl sites for hydroxylation is 1. The maximum Gasteiger partial charge on any atom is 0.293 e. The van der Waals surface area contributed by atoms with Crippen LogP contribution in [0.25, 0.3) is 10.9 Å². The number of hydrogen-bond acceptors (Lipinski definition) is 4. The molecule has 2 N–H and O–H groups in total. The van der Waals surface area contributed by atoms with Gasteiger partial charge in [0.05, 0.1) is 0 Å². The summed E-state index contributed by atoms with van der Waals surface area (Å²) in [7, 11) is 1.77. The number of nitrogens with one attached hydrogen (secondary N) is 2. The number of aromatic nitrogens is 3.